The second-order valence-corrected chi connectivity index (χ2v) is 4.84. The Morgan fingerprint density at radius 2 is 1.74 bits per heavy atom. The first kappa shape index (κ1) is 13.1. The van der Waals surface area contributed by atoms with E-state index in [2.05, 4.69) is 5.32 Å². The molecule has 0 fully saturated rings. The Morgan fingerprint density at radius 3 is 2.37 bits per heavy atom. The van der Waals surface area contributed by atoms with E-state index in [1.165, 1.54) is 5.56 Å². The first-order valence-electron chi connectivity index (χ1n) is 6.22. The lowest BCUT2D eigenvalue weighted by Crippen LogP contribution is -2.14. The van der Waals surface area contributed by atoms with Crippen molar-refractivity contribution < 1.29 is 4.79 Å². The van der Waals surface area contributed by atoms with Crippen molar-refractivity contribution in [1.82, 2.24) is 0 Å². The maximum atomic E-state index is 12.2. The van der Waals surface area contributed by atoms with Gasteiger partial charge in [0, 0.05) is 11.4 Å². The van der Waals surface area contributed by atoms with Gasteiger partial charge in [0.1, 0.15) is 0 Å². The molecule has 0 aliphatic carbocycles. The number of aryl methyl sites for hydroxylation is 3. The molecule has 3 nitrogen and oxygen atoms in total. The van der Waals surface area contributed by atoms with Gasteiger partial charge in [-0.2, -0.15) is 0 Å². The van der Waals surface area contributed by atoms with Gasteiger partial charge < -0.3 is 11.1 Å². The Hall–Kier alpha value is -2.29. The van der Waals surface area contributed by atoms with Gasteiger partial charge in [-0.15, -0.1) is 0 Å². The van der Waals surface area contributed by atoms with Gasteiger partial charge in [0.2, 0.25) is 0 Å². The van der Waals surface area contributed by atoms with Gasteiger partial charge >= 0.3 is 0 Å². The van der Waals surface area contributed by atoms with Gasteiger partial charge in [0.05, 0.1) is 5.56 Å². The fraction of sp³-hybridized carbons (Fsp3) is 0.188. The van der Waals surface area contributed by atoms with Crippen LogP contribution in [-0.4, -0.2) is 5.91 Å². The van der Waals surface area contributed by atoms with Crippen molar-refractivity contribution in [3.63, 3.8) is 0 Å². The van der Waals surface area contributed by atoms with Crippen LogP contribution in [0.4, 0.5) is 11.4 Å². The van der Waals surface area contributed by atoms with Crippen LogP contribution in [0.15, 0.2) is 36.4 Å². The Balaban J connectivity index is 2.23. The number of nitrogen functional groups attached to an aromatic ring is 1. The van der Waals surface area contributed by atoms with Crippen molar-refractivity contribution in [2.75, 3.05) is 11.1 Å². The van der Waals surface area contributed by atoms with Crippen molar-refractivity contribution in [3.05, 3.63) is 58.7 Å². The molecule has 2 rings (SSSR count). The first-order valence-corrected chi connectivity index (χ1v) is 6.22. The number of carbonyl (C=O) groups excluding carboxylic acids is 1. The fourth-order valence-corrected chi connectivity index (χ4v) is 1.91. The van der Waals surface area contributed by atoms with E-state index in [0.29, 0.717) is 11.3 Å². The van der Waals surface area contributed by atoms with Crippen LogP contribution in [-0.2, 0) is 0 Å². The summed E-state index contributed by atoms with van der Waals surface area (Å²) in [6, 6.07) is 11.3. The molecular weight excluding hydrogens is 236 g/mol. The molecule has 19 heavy (non-hydrogen) atoms. The van der Waals surface area contributed by atoms with E-state index in [0.717, 1.165) is 16.8 Å². The number of nitrogens with one attached hydrogen (secondary N) is 1. The molecule has 1 amide bonds. The molecule has 0 spiro atoms. The molecule has 3 N–H and O–H groups in total. The molecule has 0 unspecified atom stereocenters. The molecule has 0 aliphatic rings. The van der Waals surface area contributed by atoms with Crippen LogP contribution in [0.2, 0.25) is 0 Å². The summed E-state index contributed by atoms with van der Waals surface area (Å²) in [5.41, 5.74) is 11.1. The van der Waals surface area contributed by atoms with E-state index in [1.54, 1.807) is 12.1 Å². The summed E-state index contributed by atoms with van der Waals surface area (Å²) in [7, 11) is 0. The number of hydrogen-bond donors (Lipinski definition) is 2. The van der Waals surface area contributed by atoms with Gasteiger partial charge in [-0.3, -0.25) is 4.79 Å². The number of nitrogens with two attached hydrogens (primary N) is 1. The van der Waals surface area contributed by atoms with Gasteiger partial charge in [-0.25, -0.2) is 0 Å². The van der Waals surface area contributed by atoms with E-state index < -0.39 is 0 Å². The van der Waals surface area contributed by atoms with E-state index in [4.69, 9.17) is 5.73 Å². The predicted molar refractivity (Wildman–Crippen MR) is 79.5 cm³/mol. The third kappa shape index (κ3) is 2.94. The highest BCUT2D eigenvalue weighted by molar-refractivity contribution is 6.07. The molecule has 2 aromatic carbocycles. The summed E-state index contributed by atoms with van der Waals surface area (Å²) in [5, 5.41) is 2.87. The molecule has 0 saturated carbocycles. The van der Waals surface area contributed by atoms with Crippen molar-refractivity contribution in [1.29, 1.82) is 0 Å². The molecule has 0 heterocycles. The van der Waals surface area contributed by atoms with Gasteiger partial charge in [-0.1, -0.05) is 12.1 Å². The minimum Gasteiger partial charge on any atom is -0.398 e. The summed E-state index contributed by atoms with van der Waals surface area (Å²) in [6.45, 7) is 6.01. The van der Waals surface area contributed by atoms with Crippen LogP contribution in [0.5, 0.6) is 0 Å². The second-order valence-electron chi connectivity index (χ2n) is 4.84. The van der Waals surface area contributed by atoms with E-state index in [9.17, 15) is 4.79 Å². The molecule has 0 radical (unpaired) electrons. The molecule has 98 valence electrons. The van der Waals surface area contributed by atoms with Crippen molar-refractivity contribution in [2.45, 2.75) is 20.8 Å². The Bertz CT molecular complexity index is 633. The van der Waals surface area contributed by atoms with Crippen LogP contribution in [0.25, 0.3) is 0 Å². The molecule has 0 aromatic heterocycles. The normalized spacial score (nSPS) is 10.3. The zero-order valence-corrected chi connectivity index (χ0v) is 11.4. The third-order valence-electron chi connectivity index (χ3n) is 3.22. The maximum absolute atomic E-state index is 12.2. The van der Waals surface area contributed by atoms with Crippen LogP contribution >= 0.6 is 0 Å². The summed E-state index contributed by atoms with van der Waals surface area (Å²) in [4.78, 5) is 12.2. The Morgan fingerprint density at radius 1 is 1.00 bits per heavy atom. The second kappa shape index (κ2) is 5.14. The van der Waals surface area contributed by atoms with Crippen LogP contribution in [0.3, 0.4) is 0 Å². The average molecular weight is 254 g/mol. The summed E-state index contributed by atoms with van der Waals surface area (Å²) in [5.74, 6) is -0.180. The molecule has 0 saturated heterocycles. The summed E-state index contributed by atoms with van der Waals surface area (Å²) in [6.07, 6.45) is 0. The highest BCUT2D eigenvalue weighted by Gasteiger charge is 2.10. The molecular formula is C16H18N2O. The predicted octanol–water partition coefficient (Wildman–Crippen LogP) is 3.45. The number of rotatable bonds is 2. The largest absolute Gasteiger partial charge is 0.398 e. The van der Waals surface area contributed by atoms with Crippen molar-refractivity contribution >= 4 is 17.3 Å². The zero-order valence-electron chi connectivity index (χ0n) is 11.4. The fourth-order valence-electron chi connectivity index (χ4n) is 1.91. The smallest absolute Gasteiger partial charge is 0.257 e. The van der Waals surface area contributed by atoms with Crippen LogP contribution < -0.4 is 11.1 Å². The number of benzene rings is 2. The number of carbonyl (C=O) groups is 1. The standard InChI is InChI=1S/C16H18N2O/c1-10-4-7-14(15(17)8-10)16(19)18-13-6-5-11(2)12(3)9-13/h4-9H,17H2,1-3H3,(H,18,19). The topological polar surface area (TPSA) is 55.1 Å². The average Bonchev–Trinajstić information content (AvgIpc) is 2.33. The summed E-state index contributed by atoms with van der Waals surface area (Å²) >= 11 is 0. The lowest BCUT2D eigenvalue weighted by Gasteiger charge is -2.09. The molecule has 2 aromatic rings. The lowest BCUT2D eigenvalue weighted by molar-refractivity contribution is 0.102. The van der Waals surface area contributed by atoms with E-state index in [-0.39, 0.29) is 5.91 Å². The first-order chi connectivity index (χ1) is 8.97. The number of amides is 1. The molecule has 3 heteroatoms. The molecule has 0 atom stereocenters. The minimum atomic E-state index is -0.180. The van der Waals surface area contributed by atoms with E-state index in [1.807, 2.05) is 45.0 Å². The highest BCUT2D eigenvalue weighted by atomic mass is 16.1. The number of hydrogen-bond acceptors (Lipinski definition) is 2. The third-order valence-corrected chi connectivity index (χ3v) is 3.22. The Kier molecular flexibility index (Phi) is 3.56. The lowest BCUT2D eigenvalue weighted by atomic mass is 10.1. The summed E-state index contributed by atoms with van der Waals surface area (Å²) < 4.78 is 0. The van der Waals surface area contributed by atoms with Gasteiger partial charge in [0.15, 0.2) is 0 Å². The zero-order chi connectivity index (χ0) is 14.0. The minimum absolute atomic E-state index is 0.180. The van der Waals surface area contributed by atoms with Gasteiger partial charge in [0.25, 0.3) is 5.91 Å². The molecule has 0 aliphatic heterocycles. The van der Waals surface area contributed by atoms with Crippen LogP contribution in [0, 0.1) is 20.8 Å². The quantitative estimate of drug-likeness (QED) is 0.806. The van der Waals surface area contributed by atoms with Crippen molar-refractivity contribution in [2.24, 2.45) is 0 Å². The monoisotopic (exact) mass is 254 g/mol. The Labute approximate surface area is 113 Å². The van der Waals surface area contributed by atoms with Gasteiger partial charge in [-0.05, 0) is 61.7 Å². The van der Waals surface area contributed by atoms with E-state index >= 15 is 0 Å². The number of anilines is 2. The SMILES string of the molecule is Cc1ccc(C(=O)Nc2ccc(C)c(C)c2)c(N)c1. The highest BCUT2D eigenvalue weighted by Crippen LogP contribution is 2.18. The van der Waals surface area contributed by atoms with Crippen LogP contribution in [0.1, 0.15) is 27.0 Å². The molecule has 0 bridgehead atoms. The maximum Gasteiger partial charge on any atom is 0.257 e. The van der Waals surface area contributed by atoms with Crippen molar-refractivity contribution in [3.8, 4) is 0 Å².